The molecule has 0 spiro atoms. The number of rotatable bonds is 6. The van der Waals surface area contributed by atoms with Gasteiger partial charge in [0.25, 0.3) is 0 Å². The second-order valence-electron chi connectivity index (χ2n) is 7.90. The van der Waals surface area contributed by atoms with Crippen LogP contribution in [0.1, 0.15) is 22.4 Å². The van der Waals surface area contributed by atoms with Crippen LogP contribution in [0.3, 0.4) is 0 Å². The maximum atomic E-state index is 12.6. The molecule has 1 aromatic heterocycles. The van der Waals surface area contributed by atoms with Gasteiger partial charge in [0, 0.05) is 43.7 Å². The van der Waals surface area contributed by atoms with E-state index in [4.69, 9.17) is 4.42 Å². The fourth-order valence-corrected chi connectivity index (χ4v) is 4.92. The van der Waals surface area contributed by atoms with Crippen LogP contribution in [-0.2, 0) is 16.6 Å². The molecule has 31 heavy (non-hydrogen) atoms. The molecule has 1 saturated heterocycles. The Morgan fingerprint density at radius 3 is 2.48 bits per heavy atom. The first-order valence-corrected chi connectivity index (χ1v) is 11.9. The van der Waals surface area contributed by atoms with E-state index in [0.717, 1.165) is 22.4 Å². The molecule has 4 rings (SSSR count). The van der Waals surface area contributed by atoms with Gasteiger partial charge < -0.3 is 4.42 Å². The highest BCUT2D eigenvalue weighted by Gasteiger charge is 2.25. The van der Waals surface area contributed by atoms with Crippen molar-refractivity contribution in [2.75, 3.05) is 26.2 Å². The molecule has 1 fully saturated rings. The molecule has 0 bridgehead atoms. The molecule has 0 N–H and O–H groups in total. The summed E-state index contributed by atoms with van der Waals surface area (Å²) in [7, 11) is -3.43. The van der Waals surface area contributed by atoms with Gasteiger partial charge in [-0.2, -0.15) is 4.31 Å². The lowest BCUT2D eigenvalue weighted by Gasteiger charge is -2.32. The number of sulfonamides is 1. The van der Waals surface area contributed by atoms with Crippen LogP contribution in [-0.4, -0.2) is 48.8 Å². The monoisotopic (exact) mass is 437 g/mol. The van der Waals surface area contributed by atoms with Crippen molar-refractivity contribution in [3.05, 3.63) is 82.6 Å². The van der Waals surface area contributed by atoms with Gasteiger partial charge in [0.05, 0.1) is 5.69 Å². The highest BCUT2D eigenvalue weighted by atomic mass is 32.2. The van der Waals surface area contributed by atoms with Gasteiger partial charge in [0.15, 0.2) is 0 Å². The van der Waals surface area contributed by atoms with Crippen LogP contribution >= 0.6 is 0 Å². The molecule has 1 aliphatic rings. The van der Waals surface area contributed by atoms with E-state index in [1.54, 1.807) is 12.3 Å². The van der Waals surface area contributed by atoms with Gasteiger partial charge in [-0.15, -0.1) is 0 Å². The predicted octanol–water partition coefficient (Wildman–Crippen LogP) is 4.08. The average molecular weight is 438 g/mol. The largest absolute Gasteiger partial charge is 0.444 e. The lowest BCUT2D eigenvalue weighted by atomic mass is 10.1. The third kappa shape index (κ3) is 5.31. The molecule has 7 heteroatoms. The number of nitrogens with zero attached hydrogens (tertiary/aromatic N) is 3. The lowest BCUT2D eigenvalue weighted by molar-refractivity contribution is 0.181. The third-order valence-electron chi connectivity index (χ3n) is 5.47. The Labute approximate surface area is 183 Å². The molecule has 0 radical (unpaired) electrons. The Balaban J connectivity index is 1.34. The summed E-state index contributed by atoms with van der Waals surface area (Å²) in [6.45, 7) is 7.00. The van der Waals surface area contributed by atoms with Crippen LogP contribution in [0.4, 0.5) is 0 Å². The smallest absolute Gasteiger partial charge is 0.236 e. The van der Waals surface area contributed by atoms with E-state index >= 15 is 0 Å². The van der Waals surface area contributed by atoms with Crippen molar-refractivity contribution in [1.29, 1.82) is 0 Å². The molecule has 0 unspecified atom stereocenters. The van der Waals surface area contributed by atoms with Crippen molar-refractivity contribution in [2.45, 2.75) is 20.4 Å². The summed E-state index contributed by atoms with van der Waals surface area (Å²) in [5, 5.41) is 1.30. The molecule has 6 nitrogen and oxygen atoms in total. The van der Waals surface area contributed by atoms with Gasteiger partial charge in [0.1, 0.15) is 6.26 Å². The Morgan fingerprint density at radius 1 is 1.03 bits per heavy atom. The Hall–Kier alpha value is -2.74. The predicted molar refractivity (Wildman–Crippen MR) is 123 cm³/mol. The molecule has 0 aliphatic carbocycles. The standard InChI is InChI=1S/C24H27N3O3S/c1-19-8-9-23(20(2)16-19)24-25-22(18-30-24)17-26-11-13-27(14-12-26)31(28,29)15-10-21-6-4-3-5-7-21/h3-10,15-16,18H,11-14,17H2,1-2H3/b15-10+. The summed E-state index contributed by atoms with van der Waals surface area (Å²) >= 11 is 0. The second kappa shape index (κ2) is 9.18. The quantitative estimate of drug-likeness (QED) is 0.581. The molecule has 2 aromatic carbocycles. The van der Waals surface area contributed by atoms with Gasteiger partial charge in [0.2, 0.25) is 15.9 Å². The topological polar surface area (TPSA) is 66.7 Å². The first-order chi connectivity index (χ1) is 14.9. The second-order valence-corrected chi connectivity index (χ2v) is 9.71. The van der Waals surface area contributed by atoms with E-state index < -0.39 is 10.0 Å². The average Bonchev–Trinajstić information content (AvgIpc) is 3.21. The van der Waals surface area contributed by atoms with E-state index in [0.29, 0.717) is 38.6 Å². The van der Waals surface area contributed by atoms with Crippen molar-refractivity contribution >= 4 is 16.1 Å². The minimum Gasteiger partial charge on any atom is -0.444 e. The van der Waals surface area contributed by atoms with E-state index in [9.17, 15) is 8.42 Å². The minimum atomic E-state index is -3.43. The molecule has 0 saturated carbocycles. The Kier molecular flexibility index (Phi) is 6.36. The lowest BCUT2D eigenvalue weighted by Crippen LogP contribution is -2.47. The number of hydrogen-bond acceptors (Lipinski definition) is 5. The molecular weight excluding hydrogens is 410 g/mol. The van der Waals surface area contributed by atoms with Crippen LogP contribution in [0.2, 0.25) is 0 Å². The highest BCUT2D eigenvalue weighted by molar-refractivity contribution is 7.92. The molecule has 2 heterocycles. The van der Waals surface area contributed by atoms with E-state index in [-0.39, 0.29) is 0 Å². The number of benzene rings is 2. The Morgan fingerprint density at radius 2 is 1.77 bits per heavy atom. The zero-order valence-corrected chi connectivity index (χ0v) is 18.7. The molecule has 0 atom stereocenters. The summed E-state index contributed by atoms with van der Waals surface area (Å²) in [4.78, 5) is 6.85. The van der Waals surface area contributed by atoms with E-state index in [1.165, 1.54) is 15.3 Å². The van der Waals surface area contributed by atoms with Gasteiger partial charge >= 0.3 is 0 Å². The number of aryl methyl sites for hydroxylation is 2. The van der Waals surface area contributed by atoms with Crippen LogP contribution < -0.4 is 0 Å². The van der Waals surface area contributed by atoms with Gasteiger partial charge in [-0.25, -0.2) is 13.4 Å². The maximum Gasteiger partial charge on any atom is 0.236 e. The summed E-state index contributed by atoms with van der Waals surface area (Å²) in [6, 6.07) is 15.7. The normalized spacial score (nSPS) is 16.2. The SMILES string of the molecule is Cc1ccc(-c2nc(CN3CCN(S(=O)(=O)/C=C/c4ccccc4)CC3)co2)c(C)c1. The van der Waals surface area contributed by atoms with Gasteiger partial charge in [-0.05, 0) is 37.1 Å². The van der Waals surface area contributed by atoms with Gasteiger partial charge in [-0.1, -0.05) is 48.0 Å². The van der Waals surface area contributed by atoms with Crippen LogP contribution in [0, 0.1) is 13.8 Å². The van der Waals surface area contributed by atoms with Crippen molar-refractivity contribution in [3.8, 4) is 11.5 Å². The van der Waals surface area contributed by atoms with Crippen molar-refractivity contribution < 1.29 is 12.8 Å². The summed E-state index contributed by atoms with van der Waals surface area (Å²) in [6.07, 6.45) is 3.34. The first-order valence-electron chi connectivity index (χ1n) is 10.4. The molecular formula is C24H27N3O3S. The zero-order chi connectivity index (χ0) is 21.8. The van der Waals surface area contributed by atoms with Crippen molar-refractivity contribution in [3.63, 3.8) is 0 Å². The molecule has 162 valence electrons. The Bertz CT molecular complexity index is 1160. The third-order valence-corrected chi connectivity index (χ3v) is 7.04. The van der Waals surface area contributed by atoms with Crippen LogP contribution in [0.5, 0.6) is 0 Å². The zero-order valence-electron chi connectivity index (χ0n) is 17.9. The molecule has 1 aliphatic heterocycles. The number of piperazine rings is 1. The van der Waals surface area contributed by atoms with Gasteiger partial charge in [-0.3, -0.25) is 4.90 Å². The number of aromatic nitrogens is 1. The fraction of sp³-hybridized carbons (Fsp3) is 0.292. The van der Waals surface area contributed by atoms with Crippen LogP contribution in [0.15, 0.2) is 64.6 Å². The maximum absolute atomic E-state index is 12.6. The summed E-state index contributed by atoms with van der Waals surface area (Å²) in [5.41, 5.74) is 5.07. The van der Waals surface area contributed by atoms with E-state index in [1.807, 2.05) is 36.4 Å². The summed E-state index contributed by atoms with van der Waals surface area (Å²) in [5.74, 6) is 0.625. The molecule has 3 aromatic rings. The van der Waals surface area contributed by atoms with E-state index in [2.05, 4.69) is 35.9 Å². The first kappa shape index (κ1) is 21.5. The molecule has 0 amide bonds. The van der Waals surface area contributed by atoms with Crippen molar-refractivity contribution in [1.82, 2.24) is 14.2 Å². The number of oxazole rings is 1. The summed E-state index contributed by atoms with van der Waals surface area (Å²) < 4.78 is 32.5. The minimum absolute atomic E-state index is 0.462. The van der Waals surface area contributed by atoms with Crippen molar-refractivity contribution in [2.24, 2.45) is 0 Å². The number of hydrogen-bond donors (Lipinski definition) is 0. The fourth-order valence-electron chi connectivity index (χ4n) is 3.74. The van der Waals surface area contributed by atoms with Crippen LogP contribution in [0.25, 0.3) is 17.5 Å². The highest BCUT2D eigenvalue weighted by Crippen LogP contribution is 2.24.